The van der Waals surface area contributed by atoms with E-state index >= 15 is 0 Å². The molecule has 0 heterocycles. The monoisotopic (exact) mass is 90.0 g/mol. The Hall–Kier alpha value is 0.234. The summed E-state index contributed by atoms with van der Waals surface area (Å²) in [6, 6.07) is 0. The first-order valence-electron chi connectivity index (χ1n) is 1.35. The van der Waals surface area contributed by atoms with Gasteiger partial charge in [0.1, 0.15) is 0 Å². The van der Waals surface area contributed by atoms with Gasteiger partial charge in [0, 0.05) is 0 Å². The molecule has 0 N–H and O–H groups in total. The fourth-order valence-corrected chi connectivity index (χ4v) is 0. The second-order valence-corrected chi connectivity index (χ2v) is 5.17. The summed E-state index contributed by atoms with van der Waals surface area (Å²) in [4.78, 5) is 0. The lowest BCUT2D eigenvalue weighted by molar-refractivity contribution is 0.586. The zero-order valence-electron chi connectivity index (χ0n) is 2.69. The van der Waals surface area contributed by atoms with Gasteiger partial charge in [-0.1, -0.05) is 6.55 Å². The highest BCUT2D eigenvalue weighted by Crippen LogP contribution is 1.30. The summed E-state index contributed by atoms with van der Waals surface area (Å²) in [5.74, 6) is 0. The summed E-state index contributed by atoms with van der Waals surface area (Å²) in [7, 11) is -0.377. The van der Waals surface area contributed by atoms with E-state index in [0.717, 1.165) is 0 Å². The topological polar surface area (TPSA) is 17.1 Å². The van der Waals surface area contributed by atoms with Crippen LogP contribution in [0.25, 0.3) is 0 Å². The van der Waals surface area contributed by atoms with E-state index in [1.54, 1.807) is 0 Å². The lowest BCUT2D eigenvalue weighted by Crippen LogP contribution is -1.79. The Morgan fingerprint density at radius 3 is 2.25 bits per heavy atom. The predicted molar refractivity (Wildman–Crippen MR) is 22.2 cm³/mol. The molecule has 0 aromatic carbocycles. The molecule has 0 saturated carbocycles. The van der Waals surface area contributed by atoms with Crippen molar-refractivity contribution in [3.63, 3.8) is 0 Å². The van der Waals surface area contributed by atoms with Crippen LogP contribution in [0.3, 0.4) is 0 Å². The summed E-state index contributed by atoms with van der Waals surface area (Å²) in [6.45, 7) is 2.04. The maximum atomic E-state index is 9.44. The summed E-state index contributed by atoms with van der Waals surface area (Å²) in [5, 5.41) is 0. The molecule has 3 heteroatoms. The summed E-state index contributed by atoms with van der Waals surface area (Å²) in [6.07, 6.45) is 0. The van der Waals surface area contributed by atoms with Gasteiger partial charge >= 0.3 is 0 Å². The zero-order chi connectivity index (χ0) is 3.41. The molecule has 0 atom stereocenters. The Labute approximate surface area is 29.9 Å². The van der Waals surface area contributed by atoms with Gasteiger partial charge in [-0.2, -0.15) is 0 Å². The van der Waals surface area contributed by atoms with Crippen LogP contribution in [-0.4, -0.2) is 18.0 Å². The first-order valence-corrected chi connectivity index (χ1v) is 6.50. The van der Waals surface area contributed by atoms with Gasteiger partial charge in [-0.05, 0) is 0 Å². The highest BCUT2D eigenvalue weighted by Gasteiger charge is 1.59. The van der Waals surface area contributed by atoms with Crippen LogP contribution in [0.4, 0.5) is 0 Å². The molecule has 1 nitrogen and oxygen atoms in total. The number of hydrogen-bond donors (Lipinski definition) is 0. The molecule has 0 rings (SSSR count). The standard InChI is InChI=1S/CH6OSi2/c1-3-4-2/h4H,3H2,1H3. The van der Waals surface area contributed by atoms with Crippen molar-refractivity contribution in [2.24, 2.45) is 0 Å². The van der Waals surface area contributed by atoms with Crippen LogP contribution in [-0.2, 0) is 4.46 Å². The average molecular weight is 90.2 g/mol. The van der Waals surface area contributed by atoms with Gasteiger partial charge in [0.25, 0.3) is 0 Å². The average Bonchev–Trinajstić information content (AvgIpc) is 1.37. The van der Waals surface area contributed by atoms with Crippen molar-refractivity contribution in [1.82, 2.24) is 0 Å². The maximum Gasteiger partial charge on any atom is 0.233 e. The molecule has 0 aliphatic carbocycles. The van der Waals surface area contributed by atoms with E-state index in [4.69, 9.17) is 0 Å². The van der Waals surface area contributed by atoms with Crippen molar-refractivity contribution >= 4 is 18.0 Å². The minimum absolute atomic E-state index is 0.0478. The van der Waals surface area contributed by atoms with Crippen LogP contribution in [0.1, 0.15) is 0 Å². The molecule has 0 aromatic rings. The van der Waals surface area contributed by atoms with Crippen LogP contribution in [0.2, 0.25) is 6.55 Å². The van der Waals surface area contributed by atoms with Crippen LogP contribution < -0.4 is 0 Å². The fraction of sp³-hybridized carbons (Fsp3) is 1.00. The lowest BCUT2D eigenvalue weighted by Gasteiger charge is -1.46. The molecule has 24 valence electrons. The van der Waals surface area contributed by atoms with Crippen molar-refractivity contribution in [2.45, 2.75) is 6.55 Å². The van der Waals surface area contributed by atoms with Crippen molar-refractivity contribution in [3.8, 4) is 0 Å². The molecular formula is CH6OSi2. The SMILES string of the molecule is C[SiH2][SiH]=O. The molecule has 0 aliphatic heterocycles. The zero-order valence-corrected chi connectivity index (χ0v) is 5.26. The minimum atomic E-state index is -0.329. The van der Waals surface area contributed by atoms with E-state index in [1.807, 2.05) is 6.55 Å². The second kappa shape index (κ2) is 3.23. The van der Waals surface area contributed by atoms with Crippen LogP contribution in [0.5, 0.6) is 0 Å². The van der Waals surface area contributed by atoms with Gasteiger partial charge in [-0.25, -0.2) is 0 Å². The van der Waals surface area contributed by atoms with Crippen molar-refractivity contribution in [3.05, 3.63) is 0 Å². The van der Waals surface area contributed by atoms with Gasteiger partial charge in [0.2, 0.25) is 8.92 Å². The fourth-order valence-electron chi connectivity index (χ4n) is 0. The third kappa shape index (κ3) is 2.23. The second-order valence-electron chi connectivity index (χ2n) is 0.575. The van der Waals surface area contributed by atoms with Crippen molar-refractivity contribution < 1.29 is 4.46 Å². The molecule has 0 fully saturated rings. The smallest absolute Gasteiger partial charge is 0.233 e. The van der Waals surface area contributed by atoms with Crippen LogP contribution >= 0.6 is 0 Å². The van der Waals surface area contributed by atoms with E-state index in [9.17, 15) is 4.46 Å². The predicted octanol–water partition coefficient (Wildman–Crippen LogP) is -1.10. The Kier molecular flexibility index (Phi) is 3.42. The number of rotatable bonds is 1. The normalized spacial score (nSPS) is 9.25. The molecule has 0 aliphatic rings. The summed E-state index contributed by atoms with van der Waals surface area (Å²) >= 11 is 0. The highest BCUT2D eigenvalue weighted by molar-refractivity contribution is 6.92. The molecule has 0 radical (unpaired) electrons. The molecule has 0 amide bonds. The van der Waals surface area contributed by atoms with E-state index in [0.29, 0.717) is 0 Å². The van der Waals surface area contributed by atoms with E-state index in [1.165, 1.54) is 0 Å². The van der Waals surface area contributed by atoms with Gasteiger partial charge < -0.3 is 4.46 Å². The largest absolute Gasteiger partial charge is 0.397 e. The van der Waals surface area contributed by atoms with E-state index in [2.05, 4.69) is 0 Å². The van der Waals surface area contributed by atoms with Crippen LogP contribution in [0, 0.1) is 0 Å². The molecule has 0 unspecified atom stereocenters. The highest BCUT2D eigenvalue weighted by atomic mass is 29.1. The quantitative estimate of drug-likeness (QED) is 0.374. The third-order valence-corrected chi connectivity index (χ3v) is 1.50. The van der Waals surface area contributed by atoms with Crippen molar-refractivity contribution in [2.75, 3.05) is 0 Å². The Bertz CT molecular complexity index is 20.0. The first kappa shape index (κ1) is 4.23. The third-order valence-electron chi connectivity index (χ3n) is 0.167. The van der Waals surface area contributed by atoms with E-state index < -0.39 is 0 Å². The molecule has 0 bridgehead atoms. The van der Waals surface area contributed by atoms with Gasteiger partial charge in [-0.15, -0.1) is 0 Å². The molecule has 0 spiro atoms. The van der Waals surface area contributed by atoms with Gasteiger partial charge in [-0.3, -0.25) is 0 Å². The number of hydrogen-bond acceptors (Lipinski definition) is 1. The van der Waals surface area contributed by atoms with Gasteiger partial charge in [0.15, 0.2) is 0 Å². The summed E-state index contributed by atoms with van der Waals surface area (Å²) < 4.78 is 9.44. The maximum absolute atomic E-state index is 9.44. The first-order chi connectivity index (χ1) is 1.91. The Balaban J connectivity index is 2.30. The molecule has 0 saturated heterocycles. The summed E-state index contributed by atoms with van der Waals surface area (Å²) in [5.41, 5.74) is 0. The lowest BCUT2D eigenvalue weighted by atomic mass is 11.9. The Morgan fingerprint density at radius 2 is 2.25 bits per heavy atom. The minimum Gasteiger partial charge on any atom is -0.397 e. The van der Waals surface area contributed by atoms with E-state index in [-0.39, 0.29) is 18.0 Å². The Morgan fingerprint density at radius 1 is 2.00 bits per heavy atom. The molecular weight excluding hydrogens is 84.2 g/mol. The molecule has 4 heavy (non-hydrogen) atoms. The van der Waals surface area contributed by atoms with Gasteiger partial charge in [0.05, 0.1) is 9.04 Å². The van der Waals surface area contributed by atoms with Crippen LogP contribution in [0.15, 0.2) is 0 Å². The van der Waals surface area contributed by atoms with Crippen molar-refractivity contribution in [1.29, 1.82) is 0 Å². The molecule has 0 aromatic heterocycles.